The number of rotatable bonds is 3. The molecule has 1 amide bonds. The molecule has 1 saturated heterocycles. The molecule has 0 radical (unpaired) electrons. The minimum absolute atomic E-state index is 0.00619. The van der Waals surface area contributed by atoms with Gasteiger partial charge < -0.3 is 19.1 Å². The Kier molecular flexibility index (Phi) is 3.52. The van der Waals surface area contributed by atoms with Gasteiger partial charge in [0, 0.05) is 29.6 Å². The zero-order valence-corrected chi connectivity index (χ0v) is 13.7. The van der Waals surface area contributed by atoms with E-state index in [-0.39, 0.29) is 11.9 Å². The number of H-pyrrole nitrogens is 1. The first-order valence-electron chi connectivity index (χ1n) is 8.06. The molecule has 3 aromatic rings. The van der Waals surface area contributed by atoms with Crippen LogP contribution in [0.4, 0.5) is 0 Å². The van der Waals surface area contributed by atoms with Crippen molar-refractivity contribution in [3.05, 3.63) is 47.5 Å². The van der Waals surface area contributed by atoms with Gasteiger partial charge in [0.25, 0.3) is 5.91 Å². The van der Waals surface area contributed by atoms with Gasteiger partial charge in [0.2, 0.25) is 0 Å². The standard InChI is InChI=1S/C18H19N3O3/c1-11-8-15(20-24-11)17-4-3-7-21(17)18(22)16-9-12-5-6-13(23-2)10-14(12)19-16/h5-6,8-10,17,19H,3-4,7H2,1-2H3/t17-/m1/s1. The van der Waals surface area contributed by atoms with E-state index < -0.39 is 0 Å². The number of carbonyl (C=O) groups is 1. The highest BCUT2D eigenvalue weighted by molar-refractivity contribution is 5.98. The summed E-state index contributed by atoms with van der Waals surface area (Å²) in [4.78, 5) is 18.0. The zero-order chi connectivity index (χ0) is 16.7. The summed E-state index contributed by atoms with van der Waals surface area (Å²) in [6.45, 7) is 2.59. The average molecular weight is 325 g/mol. The van der Waals surface area contributed by atoms with Crippen LogP contribution in [-0.2, 0) is 0 Å². The Morgan fingerprint density at radius 2 is 2.25 bits per heavy atom. The maximum atomic E-state index is 13.0. The van der Waals surface area contributed by atoms with Crippen molar-refractivity contribution in [1.29, 1.82) is 0 Å². The number of benzene rings is 1. The second kappa shape index (κ2) is 5.70. The first kappa shape index (κ1) is 14.8. The number of hydrogen-bond donors (Lipinski definition) is 1. The summed E-state index contributed by atoms with van der Waals surface area (Å²) < 4.78 is 10.4. The minimum atomic E-state index is -0.0177. The van der Waals surface area contributed by atoms with Gasteiger partial charge in [-0.05, 0) is 38.0 Å². The number of carbonyl (C=O) groups excluding carboxylic acids is 1. The van der Waals surface area contributed by atoms with E-state index in [4.69, 9.17) is 9.26 Å². The van der Waals surface area contributed by atoms with Crippen molar-refractivity contribution < 1.29 is 14.1 Å². The number of ether oxygens (including phenoxy) is 1. The van der Waals surface area contributed by atoms with Crippen molar-refractivity contribution in [2.75, 3.05) is 13.7 Å². The van der Waals surface area contributed by atoms with Crippen LogP contribution in [0.2, 0.25) is 0 Å². The molecule has 1 aliphatic heterocycles. The van der Waals surface area contributed by atoms with Crippen molar-refractivity contribution in [2.45, 2.75) is 25.8 Å². The van der Waals surface area contributed by atoms with Gasteiger partial charge in [-0.25, -0.2) is 0 Å². The lowest BCUT2D eigenvalue weighted by atomic mass is 10.1. The Morgan fingerprint density at radius 1 is 1.38 bits per heavy atom. The molecule has 2 aromatic heterocycles. The normalized spacial score (nSPS) is 17.6. The minimum Gasteiger partial charge on any atom is -0.497 e. The molecule has 0 bridgehead atoms. The Labute approximate surface area is 139 Å². The summed E-state index contributed by atoms with van der Waals surface area (Å²) >= 11 is 0. The van der Waals surface area contributed by atoms with Crippen LogP contribution in [0.15, 0.2) is 34.9 Å². The number of aryl methyl sites for hydroxylation is 1. The molecule has 1 aliphatic rings. The Morgan fingerprint density at radius 3 is 3.00 bits per heavy atom. The molecule has 1 aromatic carbocycles. The molecular weight excluding hydrogens is 306 g/mol. The quantitative estimate of drug-likeness (QED) is 0.800. The molecule has 4 rings (SSSR count). The average Bonchev–Trinajstić information content (AvgIpc) is 3.31. The second-order valence-corrected chi connectivity index (χ2v) is 6.16. The van der Waals surface area contributed by atoms with Crippen LogP contribution in [0.5, 0.6) is 5.75 Å². The van der Waals surface area contributed by atoms with Crippen molar-refractivity contribution in [3.8, 4) is 5.75 Å². The van der Waals surface area contributed by atoms with E-state index >= 15 is 0 Å². The number of fused-ring (bicyclic) bond motifs is 1. The van der Waals surface area contributed by atoms with E-state index in [0.29, 0.717) is 5.69 Å². The molecule has 1 atom stereocenters. The molecule has 0 aliphatic carbocycles. The number of likely N-dealkylation sites (tertiary alicyclic amines) is 1. The topological polar surface area (TPSA) is 71.4 Å². The van der Waals surface area contributed by atoms with E-state index in [2.05, 4.69) is 10.1 Å². The highest BCUT2D eigenvalue weighted by Crippen LogP contribution is 2.33. The van der Waals surface area contributed by atoms with Gasteiger partial charge in [-0.1, -0.05) is 5.16 Å². The van der Waals surface area contributed by atoms with Crippen LogP contribution in [0.1, 0.15) is 40.8 Å². The number of amides is 1. The highest BCUT2D eigenvalue weighted by atomic mass is 16.5. The van der Waals surface area contributed by atoms with Crippen LogP contribution in [-0.4, -0.2) is 34.6 Å². The summed E-state index contributed by atoms with van der Waals surface area (Å²) in [5.41, 5.74) is 2.31. The third-order valence-corrected chi connectivity index (χ3v) is 4.56. The van der Waals surface area contributed by atoms with Crippen molar-refractivity contribution in [1.82, 2.24) is 15.0 Å². The maximum Gasteiger partial charge on any atom is 0.270 e. The molecule has 6 nitrogen and oxygen atoms in total. The van der Waals surface area contributed by atoms with Gasteiger partial charge in [0.05, 0.1) is 13.2 Å². The van der Waals surface area contributed by atoms with Gasteiger partial charge in [0.15, 0.2) is 0 Å². The van der Waals surface area contributed by atoms with Crippen LogP contribution in [0.3, 0.4) is 0 Å². The van der Waals surface area contributed by atoms with Gasteiger partial charge in [-0.3, -0.25) is 4.79 Å². The SMILES string of the molecule is COc1ccc2cc(C(=O)N3CCC[C@@H]3c3cc(C)on3)[nH]c2c1. The third kappa shape index (κ3) is 2.44. The van der Waals surface area contributed by atoms with Crippen molar-refractivity contribution in [3.63, 3.8) is 0 Å². The predicted molar refractivity (Wildman–Crippen MR) is 89.1 cm³/mol. The predicted octanol–water partition coefficient (Wildman–Crippen LogP) is 3.45. The number of nitrogens with zero attached hydrogens (tertiary/aromatic N) is 2. The summed E-state index contributed by atoms with van der Waals surface area (Å²) in [5.74, 6) is 1.52. The maximum absolute atomic E-state index is 13.0. The Hall–Kier alpha value is -2.76. The molecular formula is C18H19N3O3. The van der Waals surface area contributed by atoms with E-state index in [1.165, 1.54) is 0 Å². The molecule has 6 heteroatoms. The van der Waals surface area contributed by atoms with E-state index in [1.807, 2.05) is 42.2 Å². The fourth-order valence-corrected chi connectivity index (χ4v) is 3.36. The number of methoxy groups -OCH3 is 1. The van der Waals surface area contributed by atoms with Crippen molar-refractivity contribution >= 4 is 16.8 Å². The van der Waals surface area contributed by atoms with Gasteiger partial charge in [-0.2, -0.15) is 0 Å². The summed E-state index contributed by atoms with van der Waals surface area (Å²) in [6, 6.07) is 9.52. The summed E-state index contributed by atoms with van der Waals surface area (Å²) in [7, 11) is 1.63. The fourth-order valence-electron chi connectivity index (χ4n) is 3.36. The molecule has 0 saturated carbocycles. The van der Waals surface area contributed by atoms with Gasteiger partial charge in [-0.15, -0.1) is 0 Å². The molecule has 124 valence electrons. The largest absolute Gasteiger partial charge is 0.497 e. The molecule has 3 heterocycles. The fraction of sp³-hybridized carbons (Fsp3) is 0.333. The van der Waals surface area contributed by atoms with Crippen molar-refractivity contribution in [2.24, 2.45) is 0 Å². The second-order valence-electron chi connectivity index (χ2n) is 6.16. The monoisotopic (exact) mass is 325 g/mol. The van der Waals surface area contributed by atoms with E-state index in [9.17, 15) is 4.79 Å². The number of hydrogen-bond acceptors (Lipinski definition) is 4. The number of aromatic amines is 1. The lowest BCUT2D eigenvalue weighted by Gasteiger charge is -2.22. The Balaban J connectivity index is 1.65. The first-order chi connectivity index (χ1) is 11.7. The van der Waals surface area contributed by atoms with E-state index in [1.54, 1.807) is 7.11 Å². The lowest BCUT2D eigenvalue weighted by molar-refractivity contribution is 0.0726. The van der Waals surface area contributed by atoms with Crippen LogP contribution in [0, 0.1) is 6.92 Å². The summed E-state index contributed by atoms with van der Waals surface area (Å²) in [5, 5.41) is 5.09. The van der Waals surface area contributed by atoms with Gasteiger partial charge >= 0.3 is 0 Å². The molecule has 24 heavy (non-hydrogen) atoms. The molecule has 0 spiro atoms. The lowest BCUT2D eigenvalue weighted by Crippen LogP contribution is -2.30. The number of nitrogens with one attached hydrogen (secondary N) is 1. The molecule has 1 N–H and O–H groups in total. The van der Waals surface area contributed by atoms with Gasteiger partial charge in [0.1, 0.15) is 22.9 Å². The molecule has 1 fully saturated rings. The Bertz CT molecular complexity index is 896. The summed E-state index contributed by atoms with van der Waals surface area (Å²) in [6.07, 6.45) is 1.88. The van der Waals surface area contributed by atoms with Crippen LogP contribution >= 0.6 is 0 Å². The zero-order valence-electron chi connectivity index (χ0n) is 13.7. The van der Waals surface area contributed by atoms with E-state index in [0.717, 1.165) is 47.5 Å². The van der Waals surface area contributed by atoms with Crippen LogP contribution in [0.25, 0.3) is 10.9 Å². The number of aromatic nitrogens is 2. The smallest absolute Gasteiger partial charge is 0.270 e. The first-order valence-corrected chi connectivity index (χ1v) is 8.06. The molecule has 0 unspecified atom stereocenters. The highest BCUT2D eigenvalue weighted by Gasteiger charge is 2.33. The third-order valence-electron chi connectivity index (χ3n) is 4.56. The van der Waals surface area contributed by atoms with Crippen LogP contribution < -0.4 is 4.74 Å².